The smallest absolute Gasteiger partial charge is 0.122 e. The van der Waals surface area contributed by atoms with Gasteiger partial charge in [-0.2, -0.15) is 0 Å². The van der Waals surface area contributed by atoms with Crippen LogP contribution < -0.4 is 10.1 Å². The van der Waals surface area contributed by atoms with Crippen LogP contribution in [-0.2, 0) is 0 Å². The van der Waals surface area contributed by atoms with E-state index in [2.05, 4.69) is 5.32 Å². The predicted octanol–water partition coefficient (Wildman–Crippen LogP) is 1.10. The quantitative estimate of drug-likeness (QED) is 0.649. The molecule has 0 saturated heterocycles. The summed E-state index contributed by atoms with van der Waals surface area (Å²) in [6, 6.07) is 7.93. The van der Waals surface area contributed by atoms with Crippen molar-refractivity contribution in [1.82, 2.24) is 5.32 Å². The van der Waals surface area contributed by atoms with Gasteiger partial charge in [0.1, 0.15) is 18.5 Å². The lowest BCUT2D eigenvalue weighted by molar-refractivity contribution is 0.102. The number of aryl methyl sites for hydroxylation is 1. The normalized spacial score (nSPS) is 14.2. The first-order chi connectivity index (χ1) is 8.63. The molecule has 0 fully saturated rings. The molecule has 0 radical (unpaired) electrons. The van der Waals surface area contributed by atoms with Crippen LogP contribution >= 0.6 is 0 Å². The minimum atomic E-state index is -0.550. The van der Waals surface area contributed by atoms with Crippen molar-refractivity contribution >= 4 is 0 Å². The van der Waals surface area contributed by atoms with Gasteiger partial charge in [0.05, 0.1) is 0 Å². The molecule has 0 amide bonds. The zero-order valence-corrected chi connectivity index (χ0v) is 11.1. The molecule has 0 saturated carbocycles. The Morgan fingerprint density at radius 1 is 1.33 bits per heavy atom. The first-order valence-corrected chi connectivity index (χ1v) is 6.34. The van der Waals surface area contributed by atoms with Crippen molar-refractivity contribution in [2.75, 3.05) is 19.8 Å². The molecule has 4 nitrogen and oxygen atoms in total. The van der Waals surface area contributed by atoms with Crippen LogP contribution in [0.25, 0.3) is 0 Å². The van der Waals surface area contributed by atoms with Gasteiger partial charge in [-0.15, -0.1) is 0 Å². The van der Waals surface area contributed by atoms with E-state index in [1.165, 1.54) is 0 Å². The molecule has 4 heteroatoms. The monoisotopic (exact) mass is 253 g/mol. The molecule has 102 valence electrons. The molecule has 0 heterocycles. The van der Waals surface area contributed by atoms with E-state index >= 15 is 0 Å². The fourth-order valence-electron chi connectivity index (χ4n) is 1.60. The van der Waals surface area contributed by atoms with Crippen molar-refractivity contribution in [3.63, 3.8) is 0 Å². The number of rotatable bonds is 8. The van der Waals surface area contributed by atoms with Gasteiger partial charge in [0.2, 0.25) is 0 Å². The molecule has 0 aromatic heterocycles. The number of aliphatic hydroxyl groups excluding tert-OH is 2. The highest BCUT2D eigenvalue weighted by Gasteiger charge is 2.08. The minimum Gasteiger partial charge on any atom is -0.491 e. The van der Waals surface area contributed by atoms with E-state index in [0.29, 0.717) is 13.0 Å². The van der Waals surface area contributed by atoms with E-state index in [-0.39, 0.29) is 19.3 Å². The van der Waals surface area contributed by atoms with Gasteiger partial charge < -0.3 is 20.3 Å². The lowest BCUT2D eigenvalue weighted by Crippen LogP contribution is -2.37. The maximum absolute atomic E-state index is 9.77. The van der Waals surface area contributed by atoms with Gasteiger partial charge in [-0.05, 0) is 31.9 Å². The second kappa shape index (κ2) is 8.08. The molecule has 1 rings (SSSR count). The SMILES string of the molecule is Cc1ccccc1OCC(O)CNC(C)CCO. The second-order valence-corrected chi connectivity index (χ2v) is 4.55. The van der Waals surface area contributed by atoms with Gasteiger partial charge in [-0.25, -0.2) is 0 Å². The fraction of sp³-hybridized carbons (Fsp3) is 0.571. The minimum absolute atomic E-state index is 0.157. The Bertz CT molecular complexity index is 344. The maximum Gasteiger partial charge on any atom is 0.122 e. The highest BCUT2D eigenvalue weighted by molar-refractivity contribution is 5.31. The van der Waals surface area contributed by atoms with Crippen LogP contribution in [-0.4, -0.2) is 42.1 Å². The number of benzene rings is 1. The molecule has 0 spiro atoms. The lowest BCUT2D eigenvalue weighted by Gasteiger charge is -2.17. The molecule has 2 unspecified atom stereocenters. The van der Waals surface area contributed by atoms with Crippen LogP contribution in [0.15, 0.2) is 24.3 Å². The van der Waals surface area contributed by atoms with Crippen LogP contribution in [0.4, 0.5) is 0 Å². The van der Waals surface area contributed by atoms with Gasteiger partial charge in [0.15, 0.2) is 0 Å². The summed E-state index contributed by atoms with van der Waals surface area (Å²) < 4.78 is 5.55. The Morgan fingerprint density at radius 2 is 2.06 bits per heavy atom. The van der Waals surface area contributed by atoms with Gasteiger partial charge in [-0.3, -0.25) is 0 Å². The maximum atomic E-state index is 9.77. The highest BCUT2D eigenvalue weighted by atomic mass is 16.5. The van der Waals surface area contributed by atoms with Crippen LogP contribution in [0.1, 0.15) is 18.9 Å². The Balaban J connectivity index is 2.25. The highest BCUT2D eigenvalue weighted by Crippen LogP contribution is 2.16. The lowest BCUT2D eigenvalue weighted by atomic mass is 10.2. The number of hydrogen-bond acceptors (Lipinski definition) is 4. The molecule has 1 aromatic carbocycles. The van der Waals surface area contributed by atoms with E-state index < -0.39 is 6.10 Å². The van der Waals surface area contributed by atoms with Crippen molar-refractivity contribution in [3.05, 3.63) is 29.8 Å². The zero-order valence-electron chi connectivity index (χ0n) is 11.1. The van der Waals surface area contributed by atoms with Crippen LogP contribution in [0.2, 0.25) is 0 Å². The molecular weight excluding hydrogens is 230 g/mol. The first kappa shape index (κ1) is 15.0. The van der Waals surface area contributed by atoms with Crippen molar-refractivity contribution in [1.29, 1.82) is 0 Å². The Kier molecular flexibility index (Phi) is 6.72. The third-order valence-corrected chi connectivity index (χ3v) is 2.79. The third kappa shape index (κ3) is 5.49. The van der Waals surface area contributed by atoms with E-state index in [1.807, 2.05) is 38.1 Å². The molecule has 0 bridgehead atoms. The number of aliphatic hydroxyl groups is 2. The standard InChI is InChI=1S/C14H23NO3/c1-11-5-3-4-6-14(11)18-10-13(17)9-15-12(2)7-8-16/h3-6,12-13,15-17H,7-10H2,1-2H3. The summed E-state index contributed by atoms with van der Waals surface area (Å²) in [7, 11) is 0. The fourth-order valence-corrected chi connectivity index (χ4v) is 1.60. The summed E-state index contributed by atoms with van der Waals surface area (Å²) >= 11 is 0. The number of para-hydroxylation sites is 1. The molecule has 0 aliphatic carbocycles. The summed E-state index contributed by atoms with van der Waals surface area (Å²) in [6.07, 6.45) is 0.136. The average Bonchev–Trinajstić information content (AvgIpc) is 2.36. The van der Waals surface area contributed by atoms with Gasteiger partial charge in [-0.1, -0.05) is 18.2 Å². The average molecular weight is 253 g/mol. The van der Waals surface area contributed by atoms with Gasteiger partial charge in [0.25, 0.3) is 0 Å². The largest absolute Gasteiger partial charge is 0.491 e. The van der Waals surface area contributed by atoms with Gasteiger partial charge in [0, 0.05) is 19.2 Å². The summed E-state index contributed by atoms with van der Waals surface area (Å²) in [5.74, 6) is 0.806. The molecule has 18 heavy (non-hydrogen) atoms. The van der Waals surface area contributed by atoms with Gasteiger partial charge >= 0.3 is 0 Å². The third-order valence-electron chi connectivity index (χ3n) is 2.79. The van der Waals surface area contributed by atoms with E-state index in [4.69, 9.17) is 9.84 Å². The van der Waals surface area contributed by atoms with Crippen LogP contribution in [0.3, 0.4) is 0 Å². The topological polar surface area (TPSA) is 61.7 Å². The molecule has 0 aliphatic rings. The predicted molar refractivity (Wildman–Crippen MR) is 71.8 cm³/mol. The van der Waals surface area contributed by atoms with Crippen LogP contribution in [0.5, 0.6) is 5.75 Å². The summed E-state index contributed by atoms with van der Waals surface area (Å²) in [6.45, 7) is 4.84. The van der Waals surface area contributed by atoms with Crippen LogP contribution in [0, 0.1) is 6.92 Å². The van der Waals surface area contributed by atoms with Crippen molar-refractivity contribution in [2.24, 2.45) is 0 Å². The van der Waals surface area contributed by atoms with Crippen molar-refractivity contribution in [2.45, 2.75) is 32.4 Å². The summed E-state index contributed by atoms with van der Waals surface area (Å²) in [5.41, 5.74) is 1.06. The van der Waals surface area contributed by atoms with E-state index in [0.717, 1.165) is 11.3 Å². The zero-order chi connectivity index (χ0) is 13.4. The Morgan fingerprint density at radius 3 is 2.72 bits per heavy atom. The van der Waals surface area contributed by atoms with E-state index in [9.17, 15) is 5.11 Å². The van der Waals surface area contributed by atoms with Crippen molar-refractivity contribution < 1.29 is 14.9 Å². The molecular formula is C14H23NO3. The number of ether oxygens (including phenoxy) is 1. The number of hydrogen-bond donors (Lipinski definition) is 3. The first-order valence-electron chi connectivity index (χ1n) is 6.34. The van der Waals surface area contributed by atoms with Crippen molar-refractivity contribution in [3.8, 4) is 5.75 Å². The Hall–Kier alpha value is -1.10. The Labute approximate surface area is 109 Å². The van der Waals surface area contributed by atoms with E-state index in [1.54, 1.807) is 0 Å². The number of nitrogens with one attached hydrogen (secondary N) is 1. The molecule has 1 aromatic rings. The summed E-state index contributed by atoms with van der Waals surface area (Å²) in [5, 5.41) is 21.7. The molecule has 3 N–H and O–H groups in total. The second-order valence-electron chi connectivity index (χ2n) is 4.55. The molecule has 2 atom stereocenters. The molecule has 0 aliphatic heterocycles. The summed E-state index contributed by atoms with van der Waals surface area (Å²) in [4.78, 5) is 0.